The van der Waals surface area contributed by atoms with Crippen molar-refractivity contribution in [3.05, 3.63) is 41.1 Å². The maximum atomic E-state index is 13.2. The fourth-order valence-corrected chi connectivity index (χ4v) is 2.80. The second kappa shape index (κ2) is 7.03. The van der Waals surface area contributed by atoms with Gasteiger partial charge in [0, 0.05) is 11.4 Å². The third-order valence-corrected chi connectivity index (χ3v) is 3.94. The average Bonchev–Trinajstić information content (AvgIpc) is 2.49. The van der Waals surface area contributed by atoms with Gasteiger partial charge < -0.3 is 10.8 Å². The third kappa shape index (κ3) is 4.27. The molecule has 0 radical (unpaired) electrons. The molecule has 9 heteroatoms. The number of hydrogen-bond donors (Lipinski definition) is 2. The van der Waals surface area contributed by atoms with Gasteiger partial charge in [-0.15, -0.1) is 0 Å². The minimum atomic E-state index is -4.97. The number of pyridine rings is 1. The molecule has 0 saturated heterocycles. The Bertz CT molecular complexity index is 785. The SMILES string of the molecule is CC(C)C[C@H](N)C(O)c1cc(C(F)(F)F)nc2c(C(F)(F)F)cccc12. The highest BCUT2D eigenvalue weighted by Crippen LogP contribution is 2.39. The number of nitrogens with zero attached hydrogens (tertiary/aromatic N) is 1. The largest absolute Gasteiger partial charge is 0.433 e. The van der Waals surface area contributed by atoms with Gasteiger partial charge in [0.25, 0.3) is 0 Å². The van der Waals surface area contributed by atoms with Crippen LogP contribution in [0.1, 0.15) is 43.2 Å². The van der Waals surface area contributed by atoms with Gasteiger partial charge in [-0.3, -0.25) is 0 Å². The van der Waals surface area contributed by atoms with Gasteiger partial charge >= 0.3 is 12.4 Å². The van der Waals surface area contributed by atoms with Gasteiger partial charge in [0.1, 0.15) is 5.69 Å². The summed E-state index contributed by atoms with van der Waals surface area (Å²) in [5, 5.41) is 10.2. The zero-order chi connectivity index (χ0) is 19.9. The van der Waals surface area contributed by atoms with Crippen LogP contribution in [0.15, 0.2) is 24.3 Å². The van der Waals surface area contributed by atoms with E-state index in [1.165, 1.54) is 6.07 Å². The highest BCUT2D eigenvalue weighted by Gasteiger charge is 2.38. The lowest BCUT2D eigenvalue weighted by atomic mass is 9.92. The maximum absolute atomic E-state index is 13.2. The van der Waals surface area contributed by atoms with Crippen molar-refractivity contribution in [1.29, 1.82) is 0 Å². The molecule has 0 saturated carbocycles. The van der Waals surface area contributed by atoms with Crippen LogP contribution in [0.4, 0.5) is 26.3 Å². The van der Waals surface area contributed by atoms with E-state index < -0.39 is 41.3 Å². The fourth-order valence-electron chi connectivity index (χ4n) is 2.80. The Balaban J connectivity index is 2.76. The summed E-state index contributed by atoms with van der Waals surface area (Å²) in [6.07, 6.45) is -11.1. The van der Waals surface area contributed by atoms with E-state index in [9.17, 15) is 31.4 Å². The molecule has 0 fully saturated rings. The topological polar surface area (TPSA) is 59.1 Å². The van der Waals surface area contributed by atoms with Crippen molar-refractivity contribution >= 4 is 10.9 Å². The number of fused-ring (bicyclic) bond motifs is 1. The minimum absolute atomic E-state index is 0.0422. The van der Waals surface area contributed by atoms with Crippen molar-refractivity contribution < 1.29 is 31.4 Å². The molecule has 2 aromatic rings. The normalized spacial score (nSPS) is 15.5. The molecule has 1 heterocycles. The molecule has 0 aliphatic rings. The lowest BCUT2D eigenvalue weighted by Gasteiger charge is -2.23. The van der Waals surface area contributed by atoms with Crippen LogP contribution in [0.2, 0.25) is 0 Å². The Hall–Kier alpha value is -1.87. The molecule has 1 unspecified atom stereocenters. The molecule has 0 bridgehead atoms. The number of rotatable bonds is 4. The Labute approximate surface area is 145 Å². The molecule has 1 aromatic carbocycles. The van der Waals surface area contributed by atoms with Crippen LogP contribution in [0, 0.1) is 5.92 Å². The summed E-state index contributed by atoms with van der Waals surface area (Å²) >= 11 is 0. The van der Waals surface area contributed by atoms with Crippen LogP contribution in [0.3, 0.4) is 0 Å². The Morgan fingerprint density at radius 2 is 1.69 bits per heavy atom. The number of alkyl halides is 6. The van der Waals surface area contributed by atoms with Crippen LogP contribution in [-0.4, -0.2) is 16.1 Å². The quantitative estimate of drug-likeness (QED) is 0.758. The summed E-state index contributed by atoms with van der Waals surface area (Å²) in [6.45, 7) is 3.61. The van der Waals surface area contributed by atoms with Gasteiger partial charge in [0.2, 0.25) is 0 Å². The minimum Gasteiger partial charge on any atom is -0.387 e. The van der Waals surface area contributed by atoms with Gasteiger partial charge in [-0.1, -0.05) is 26.0 Å². The lowest BCUT2D eigenvalue weighted by molar-refractivity contribution is -0.142. The number of aliphatic hydroxyl groups excluding tert-OH is 1. The monoisotopic (exact) mass is 380 g/mol. The van der Waals surface area contributed by atoms with Crippen LogP contribution in [0.5, 0.6) is 0 Å². The second-order valence-electron chi connectivity index (χ2n) is 6.53. The Morgan fingerprint density at radius 1 is 1.08 bits per heavy atom. The first-order chi connectivity index (χ1) is 11.8. The van der Waals surface area contributed by atoms with E-state index in [0.29, 0.717) is 12.1 Å². The summed E-state index contributed by atoms with van der Waals surface area (Å²) in [7, 11) is 0. The van der Waals surface area contributed by atoms with Crippen molar-refractivity contribution in [2.24, 2.45) is 11.7 Å². The smallest absolute Gasteiger partial charge is 0.387 e. The van der Waals surface area contributed by atoms with E-state index in [0.717, 1.165) is 6.07 Å². The second-order valence-corrected chi connectivity index (χ2v) is 6.53. The first-order valence-electron chi connectivity index (χ1n) is 7.84. The molecule has 3 nitrogen and oxygen atoms in total. The molecule has 0 amide bonds. The van der Waals surface area contributed by atoms with E-state index in [1.807, 2.05) is 0 Å². The van der Waals surface area contributed by atoms with Gasteiger partial charge in [-0.2, -0.15) is 26.3 Å². The van der Waals surface area contributed by atoms with Gasteiger partial charge in [-0.25, -0.2) is 4.98 Å². The fraction of sp³-hybridized carbons (Fsp3) is 0.471. The number of para-hydroxylation sites is 1. The van der Waals surface area contributed by atoms with Crippen LogP contribution < -0.4 is 5.73 Å². The van der Waals surface area contributed by atoms with E-state index in [4.69, 9.17) is 5.73 Å². The number of nitrogens with two attached hydrogens (primary N) is 1. The van der Waals surface area contributed by atoms with E-state index in [1.54, 1.807) is 13.8 Å². The molecular weight excluding hydrogens is 362 g/mol. The van der Waals surface area contributed by atoms with Gasteiger partial charge in [-0.05, 0) is 30.0 Å². The number of hydrogen-bond acceptors (Lipinski definition) is 3. The zero-order valence-electron chi connectivity index (χ0n) is 14.0. The van der Waals surface area contributed by atoms with Crippen molar-refractivity contribution in [2.45, 2.75) is 44.8 Å². The maximum Gasteiger partial charge on any atom is 0.433 e. The highest BCUT2D eigenvalue weighted by molar-refractivity contribution is 5.86. The van der Waals surface area contributed by atoms with E-state index in [-0.39, 0.29) is 23.3 Å². The lowest BCUT2D eigenvalue weighted by Crippen LogP contribution is -2.30. The molecule has 3 N–H and O–H groups in total. The molecule has 0 aliphatic heterocycles. The van der Waals surface area contributed by atoms with E-state index >= 15 is 0 Å². The first-order valence-corrected chi connectivity index (χ1v) is 7.84. The molecule has 0 aliphatic carbocycles. The summed E-state index contributed by atoms with van der Waals surface area (Å²) in [5.74, 6) is 0.0422. The summed E-state index contributed by atoms with van der Waals surface area (Å²) in [5.41, 5.74) is 1.87. The first kappa shape index (κ1) is 20.4. The van der Waals surface area contributed by atoms with Crippen molar-refractivity contribution in [3.63, 3.8) is 0 Å². The predicted molar refractivity (Wildman–Crippen MR) is 84.1 cm³/mol. The molecule has 0 spiro atoms. The molecule has 144 valence electrons. The Kier molecular flexibility index (Phi) is 5.53. The number of aromatic nitrogens is 1. The molecule has 1 aromatic heterocycles. The molecule has 2 atom stereocenters. The van der Waals surface area contributed by atoms with Crippen LogP contribution >= 0.6 is 0 Å². The number of halogens is 6. The number of benzene rings is 1. The molecule has 26 heavy (non-hydrogen) atoms. The molecular formula is C17H18F6N2O. The van der Waals surface area contributed by atoms with Gasteiger partial charge in [0.15, 0.2) is 0 Å². The average molecular weight is 380 g/mol. The number of aliphatic hydroxyl groups is 1. The van der Waals surface area contributed by atoms with Crippen molar-refractivity contribution in [1.82, 2.24) is 4.98 Å². The molecule has 2 rings (SSSR count). The van der Waals surface area contributed by atoms with Crippen LogP contribution in [0.25, 0.3) is 10.9 Å². The zero-order valence-corrected chi connectivity index (χ0v) is 14.0. The summed E-state index contributed by atoms with van der Waals surface area (Å²) in [4.78, 5) is 3.18. The van der Waals surface area contributed by atoms with Gasteiger partial charge in [0.05, 0.1) is 17.2 Å². The Morgan fingerprint density at radius 3 is 2.19 bits per heavy atom. The van der Waals surface area contributed by atoms with Crippen molar-refractivity contribution in [2.75, 3.05) is 0 Å². The third-order valence-electron chi connectivity index (χ3n) is 3.94. The van der Waals surface area contributed by atoms with Crippen molar-refractivity contribution in [3.8, 4) is 0 Å². The summed E-state index contributed by atoms with van der Waals surface area (Å²) < 4.78 is 79.0. The highest BCUT2D eigenvalue weighted by atomic mass is 19.4. The van der Waals surface area contributed by atoms with Crippen LogP contribution in [-0.2, 0) is 12.4 Å². The predicted octanol–water partition coefficient (Wildman–Crippen LogP) is 4.68. The van der Waals surface area contributed by atoms with E-state index in [2.05, 4.69) is 4.98 Å². The summed E-state index contributed by atoms with van der Waals surface area (Å²) in [6, 6.07) is 2.53. The standard InChI is InChI=1S/C17H18F6N2O/c1-8(2)6-12(24)15(26)10-7-13(17(21,22)23)25-14-9(10)4-3-5-11(14)16(18,19)20/h3-5,7-8,12,15,26H,6,24H2,1-2H3/t12-,15?/m0/s1.